The van der Waals surface area contributed by atoms with Crippen LogP contribution in [0.25, 0.3) is 0 Å². The standard InChI is InChI=1S/Fe.Mn.Na.HOP.H/c;;;1-2;/h;;;2H;/q;;+1;;-1. The third kappa shape index (κ3) is 23.0. The number of rotatable bonds is 0. The van der Waals surface area contributed by atoms with Gasteiger partial charge in [0.05, 0.1) is 0 Å². The summed E-state index contributed by atoms with van der Waals surface area (Å²) in [7, 11) is 1.72. The molecule has 0 aliphatic rings. The quantitative estimate of drug-likeness (QED) is 0.301. The van der Waals surface area contributed by atoms with Crippen LogP contribution in [-0.4, -0.2) is 0 Å². The molecule has 0 aliphatic heterocycles. The van der Waals surface area contributed by atoms with Crippen LogP contribution >= 0.6 is 9.12 Å². The minimum absolute atomic E-state index is 0. The second kappa shape index (κ2) is 35.4. The predicted octanol–water partition coefficient (Wildman–Crippen LogP) is -2.41. The SMILES string of the molecule is O=P.[Fe].[H-].[Mn].[Na+]. The first kappa shape index (κ1) is 27.3. The van der Waals surface area contributed by atoms with Crippen LogP contribution in [-0.2, 0) is 38.7 Å². The van der Waals surface area contributed by atoms with E-state index in [-0.39, 0.29) is 65.1 Å². The molecule has 29 valence electrons. The molecular formula is H2FeMnNaOP. The molecule has 0 aromatic rings. The van der Waals surface area contributed by atoms with Crippen molar-refractivity contribution in [1.29, 1.82) is 0 Å². The molecule has 0 N–H and O–H groups in total. The summed E-state index contributed by atoms with van der Waals surface area (Å²) in [4.78, 5) is 0. The zero-order valence-corrected chi connectivity index (χ0v) is 7.92. The van der Waals surface area contributed by atoms with Crippen molar-refractivity contribution in [3.8, 4) is 0 Å². The fourth-order valence-electron chi connectivity index (χ4n) is 0. The zero-order chi connectivity index (χ0) is 2.00. The van der Waals surface area contributed by atoms with Crippen LogP contribution in [0.3, 0.4) is 0 Å². The maximum atomic E-state index is 8.06. The molecule has 0 aromatic carbocycles. The minimum atomic E-state index is 0. The molecule has 0 heterocycles. The van der Waals surface area contributed by atoms with Crippen molar-refractivity contribution in [2.45, 2.75) is 0 Å². The summed E-state index contributed by atoms with van der Waals surface area (Å²) in [5.74, 6) is 0. The Morgan fingerprint density at radius 1 is 1.40 bits per heavy atom. The fourth-order valence-corrected chi connectivity index (χ4v) is 0. The largest absolute Gasteiger partial charge is 1.00 e. The van der Waals surface area contributed by atoms with Gasteiger partial charge < -0.3 is 1.43 Å². The molecule has 1 nitrogen and oxygen atoms in total. The Morgan fingerprint density at radius 3 is 1.40 bits per heavy atom. The van der Waals surface area contributed by atoms with E-state index < -0.39 is 0 Å². The normalized spacial score (nSPS) is 0.800. The van der Waals surface area contributed by atoms with Crippen molar-refractivity contribution in [2.24, 2.45) is 0 Å². The third-order valence-electron chi connectivity index (χ3n) is 0. The molecule has 0 atom stereocenters. The zero-order valence-electron chi connectivity index (χ0n) is 3.64. The van der Waals surface area contributed by atoms with Gasteiger partial charge in [-0.15, -0.1) is 0 Å². The topological polar surface area (TPSA) is 17.1 Å². The summed E-state index contributed by atoms with van der Waals surface area (Å²) in [6.45, 7) is 0. The molecule has 0 aliphatic carbocycles. The summed E-state index contributed by atoms with van der Waals surface area (Å²) in [6.07, 6.45) is 0. The molecule has 5 heavy (non-hydrogen) atoms. The molecule has 0 bridgehead atoms. The molecule has 0 spiro atoms. The summed E-state index contributed by atoms with van der Waals surface area (Å²) >= 11 is 0. The summed E-state index contributed by atoms with van der Waals surface area (Å²) < 4.78 is 8.06. The molecular weight excluding hydrogens is 181 g/mol. The van der Waals surface area contributed by atoms with Crippen molar-refractivity contribution in [3.05, 3.63) is 0 Å². The van der Waals surface area contributed by atoms with Gasteiger partial charge in [0.15, 0.2) is 0 Å². The third-order valence-corrected chi connectivity index (χ3v) is 0. The van der Waals surface area contributed by atoms with E-state index in [0.29, 0.717) is 0 Å². The molecule has 0 fully saturated rings. The molecule has 0 rings (SSSR count). The first-order valence-electron chi connectivity index (χ1n) is 0.204. The second-order valence-corrected chi connectivity index (χ2v) is 0. The Bertz CT molecular complexity index is 15.5. The van der Waals surface area contributed by atoms with Crippen molar-refractivity contribution >= 4 is 9.12 Å². The molecule has 1 radical (unpaired) electrons. The van der Waals surface area contributed by atoms with Crippen LogP contribution in [0.15, 0.2) is 0 Å². The average molecular weight is 183 g/mol. The Morgan fingerprint density at radius 2 is 1.40 bits per heavy atom. The van der Waals surface area contributed by atoms with Gasteiger partial charge in [0.2, 0.25) is 0 Å². The van der Waals surface area contributed by atoms with E-state index in [1.54, 1.807) is 9.12 Å². The van der Waals surface area contributed by atoms with E-state index in [1.165, 1.54) is 0 Å². The first-order chi connectivity index (χ1) is 1.00. The van der Waals surface area contributed by atoms with Crippen molar-refractivity contribution < 1.29 is 69.7 Å². The van der Waals surface area contributed by atoms with Crippen LogP contribution in [0.5, 0.6) is 0 Å². The molecule has 0 unspecified atom stereocenters. The van der Waals surface area contributed by atoms with Crippen molar-refractivity contribution in [2.75, 3.05) is 0 Å². The van der Waals surface area contributed by atoms with Gasteiger partial charge in [-0.05, 0) is 0 Å². The second-order valence-electron chi connectivity index (χ2n) is 0. The van der Waals surface area contributed by atoms with E-state index >= 15 is 0 Å². The molecule has 0 saturated carbocycles. The van der Waals surface area contributed by atoms with Gasteiger partial charge in [-0.1, -0.05) is 0 Å². The van der Waals surface area contributed by atoms with E-state index in [0.717, 1.165) is 0 Å². The predicted molar refractivity (Wildman–Crippen MR) is 10.1 cm³/mol. The van der Waals surface area contributed by atoms with Crippen molar-refractivity contribution in [3.63, 3.8) is 0 Å². The smallest absolute Gasteiger partial charge is 1.00 e. The van der Waals surface area contributed by atoms with E-state index in [9.17, 15) is 0 Å². The Labute approximate surface area is 78.0 Å². The van der Waals surface area contributed by atoms with Crippen LogP contribution in [0.4, 0.5) is 0 Å². The van der Waals surface area contributed by atoms with E-state index in [4.69, 9.17) is 4.57 Å². The van der Waals surface area contributed by atoms with Gasteiger partial charge in [-0.25, -0.2) is 0 Å². The van der Waals surface area contributed by atoms with Gasteiger partial charge >= 0.3 is 29.6 Å². The molecule has 0 saturated heterocycles. The molecule has 0 amide bonds. The summed E-state index contributed by atoms with van der Waals surface area (Å²) in [5, 5.41) is 0. The first-order valence-corrected chi connectivity index (χ1v) is 0.612. The minimum Gasteiger partial charge on any atom is -1.00 e. The van der Waals surface area contributed by atoms with Gasteiger partial charge in [0, 0.05) is 34.1 Å². The van der Waals surface area contributed by atoms with Gasteiger partial charge in [0.1, 0.15) is 9.12 Å². The number of hydrogen-bond donors (Lipinski definition) is 0. The maximum Gasteiger partial charge on any atom is 1.00 e. The van der Waals surface area contributed by atoms with Gasteiger partial charge in [-0.2, -0.15) is 0 Å². The average Bonchev–Trinajstić information content (AvgIpc) is 1.00. The van der Waals surface area contributed by atoms with E-state index in [2.05, 4.69) is 0 Å². The van der Waals surface area contributed by atoms with Crippen LogP contribution in [0.1, 0.15) is 1.43 Å². The molecule has 0 aromatic heterocycles. The van der Waals surface area contributed by atoms with Gasteiger partial charge in [0.25, 0.3) is 0 Å². The number of hydrogen-bond acceptors (Lipinski definition) is 1. The Hall–Kier alpha value is 2.14. The Kier molecular flexibility index (Phi) is 194. The Balaban J connectivity index is -0.000000000833. The van der Waals surface area contributed by atoms with Crippen molar-refractivity contribution in [1.82, 2.24) is 0 Å². The summed E-state index contributed by atoms with van der Waals surface area (Å²) in [5.41, 5.74) is 0. The summed E-state index contributed by atoms with van der Waals surface area (Å²) in [6, 6.07) is 0. The van der Waals surface area contributed by atoms with Crippen LogP contribution in [0.2, 0.25) is 0 Å². The van der Waals surface area contributed by atoms with Gasteiger partial charge in [-0.3, -0.25) is 4.57 Å². The maximum absolute atomic E-state index is 8.06. The monoisotopic (exact) mass is 183 g/mol. The van der Waals surface area contributed by atoms with E-state index in [1.807, 2.05) is 0 Å². The molecule has 5 heteroatoms. The van der Waals surface area contributed by atoms with Crippen LogP contribution < -0.4 is 29.6 Å². The van der Waals surface area contributed by atoms with Crippen LogP contribution in [0, 0.1) is 0 Å². The fraction of sp³-hybridized carbons (Fsp3) is 0.